The van der Waals surface area contributed by atoms with Gasteiger partial charge in [0.15, 0.2) is 0 Å². The van der Waals surface area contributed by atoms with Gasteiger partial charge in [0.1, 0.15) is 5.69 Å². The highest BCUT2D eigenvalue weighted by Crippen LogP contribution is 2.18. The first-order valence-corrected chi connectivity index (χ1v) is 7.07. The summed E-state index contributed by atoms with van der Waals surface area (Å²) in [6, 6.07) is 3.30. The molecular formula is C14H17N5O2. The number of hydrogen-bond donors (Lipinski definition) is 2. The fourth-order valence-corrected chi connectivity index (χ4v) is 2.70. The smallest absolute Gasteiger partial charge is 0.269 e. The van der Waals surface area contributed by atoms with E-state index < -0.39 is 0 Å². The van der Waals surface area contributed by atoms with E-state index in [0.29, 0.717) is 18.7 Å². The standard InChI is InChI=1S/C14H17N5O2/c1-2-19-12(5-6-15-19)14(21)16-10-3-4-11-9(7-10)8-13(20)18-17-11/h5-6,8,10H,2-4,7H2,1H3,(H,16,21)(H,18,20). The van der Waals surface area contributed by atoms with Gasteiger partial charge in [-0.05, 0) is 37.8 Å². The summed E-state index contributed by atoms with van der Waals surface area (Å²) >= 11 is 0. The van der Waals surface area contributed by atoms with Gasteiger partial charge in [-0.1, -0.05) is 0 Å². The summed E-state index contributed by atoms with van der Waals surface area (Å²) in [5, 5.41) is 13.6. The topological polar surface area (TPSA) is 92.7 Å². The van der Waals surface area contributed by atoms with E-state index in [9.17, 15) is 9.59 Å². The van der Waals surface area contributed by atoms with Gasteiger partial charge in [0, 0.05) is 24.8 Å². The van der Waals surface area contributed by atoms with Crippen LogP contribution < -0.4 is 10.9 Å². The van der Waals surface area contributed by atoms with Gasteiger partial charge in [0.25, 0.3) is 11.5 Å². The molecule has 2 heterocycles. The van der Waals surface area contributed by atoms with Crippen LogP contribution in [0.15, 0.2) is 23.1 Å². The summed E-state index contributed by atoms with van der Waals surface area (Å²) in [5.41, 5.74) is 2.19. The number of carbonyl (C=O) groups excluding carboxylic acids is 1. The Labute approximate surface area is 121 Å². The Morgan fingerprint density at radius 3 is 3.24 bits per heavy atom. The van der Waals surface area contributed by atoms with Gasteiger partial charge >= 0.3 is 0 Å². The summed E-state index contributed by atoms with van der Waals surface area (Å²) in [5.74, 6) is -0.124. The van der Waals surface area contributed by atoms with E-state index in [1.54, 1.807) is 23.0 Å². The molecular weight excluding hydrogens is 270 g/mol. The summed E-state index contributed by atoms with van der Waals surface area (Å²) in [7, 11) is 0. The van der Waals surface area contributed by atoms with Crippen molar-refractivity contribution in [2.45, 2.75) is 38.8 Å². The van der Waals surface area contributed by atoms with Crippen LogP contribution in [-0.2, 0) is 19.4 Å². The molecule has 110 valence electrons. The van der Waals surface area contributed by atoms with Crippen LogP contribution in [0.25, 0.3) is 0 Å². The molecule has 2 N–H and O–H groups in total. The Kier molecular flexibility index (Phi) is 3.55. The van der Waals surface area contributed by atoms with E-state index >= 15 is 0 Å². The van der Waals surface area contributed by atoms with Crippen molar-refractivity contribution < 1.29 is 4.79 Å². The van der Waals surface area contributed by atoms with Crippen molar-refractivity contribution in [2.75, 3.05) is 0 Å². The average molecular weight is 287 g/mol. The van der Waals surface area contributed by atoms with Gasteiger partial charge in [-0.15, -0.1) is 0 Å². The number of aromatic nitrogens is 4. The molecule has 0 spiro atoms. The minimum absolute atomic E-state index is 0.0220. The predicted octanol–water partition coefficient (Wildman–Crippen LogP) is 0.274. The van der Waals surface area contributed by atoms with E-state index in [-0.39, 0.29) is 17.5 Å². The molecule has 1 aliphatic rings. The molecule has 1 unspecified atom stereocenters. The van der Waals surface area contributed by atoms with E-state index in [1.165, 1.54) is 0 Å². The number of fused-ring (bicyclic) bond motifs is 1. The largest absolute Gasteiger partial charge is 0.348 e. The normalized spacial score (nSPS) is 17.3. The van der Waals surface area contributed by atoms with Gasteiger partial charge in [0.05, 0.1) is 5.69 Å². The highest BCUT2D eigenvalue weighted by molar-refractivity contribution is 5.92. The van der Waals surface area contributed by atoms with Gasteiger partial charge in [-0.25, -0.2) is 5.10 Å². The number of carbonyl (C=O) groups is 1. The van der Waals surface area contributed by atoms with Crippen LogP contribution in [0.2, 0.25) is 0 Å². The number of aromatic amines is 1. The molecule has 7 heteroatoms. The summed E-state index contributed by atoms with van der Waals surface area (Å²) in [6.07, 6.45) is 3.83. The molecule has 21 heavy (non-hydrogen) atoms. The van der Waals surface area contributed by atoms with Crippen LogP contribution >= 0.6 is 0 Å². The SMILES string of the molecule is CCn1nccc1C(=O)NC1CCc2n[nH]c(=O)cc2C1. The molecule has 1 amide bonds. The Morgan fingerprint density at radius 1 is 1.57 bits per heavy atom. The number of nitrogens with one attached hydrogen (secondary N) is 2. The van der Waals surface area contributed by atoms with Crippen LogP contribution in [0, 0.1) is 0 Å². The Bertz CT molecular complexity index is 718. The Morgan fingerprint density at radius 2 is 2.43 bits per heavy atom. The van der Waals surface area contributed by atoms with Crippen molar-refractivity contribution in [1.29, 1.82) is 0 Å². The van der Waals surface area contributed by atoms with Crippen LogP contribution in [0.5, 0.6) is 0 Å². The highest BCUT2D eigenvalue weighted by atomic mass is 16.2. The number of H-pyrrole nitrogens is 1. The van der Waals surface area contributed by atoms with Crippen molar-refractivity contribution in [3.05, 3.63) is 45.6 Å². The lowest BCUT2D eigenvalue weighted by molar-refractivity contribution is 0.0922. The second kappa shape index (κ2) is 5.51. The molecule has 0 bridgehead atoms. The van der Waals surface area contributed by atoms with E-state index in [1.807, 2.05) is 6.92 Å². The second-order valence-electron chi connectivity index (χ2n) is 5.15. The molecule has 2 aromatic heterocycles. The molecule has 0 fully saturated rings. The molecule has 0 saturated carbocycles. The van der Waals surface area contributed by atoms with Crippen LogP contribution in [0.4, 0.5) is 0 Å². The van der Waals surface area contributed by atoms with Crippen molar-refractivity contribution in [3.8, 4) is 0 Å². The quantitative estimate of drug-likeness (QED) is 0.847. The molecule has 0 aliphatic heterocycles. The van der Waals surface area contributed by atoms with Crippen molar-refractivity contribution in [2.24, 2.45) is 0 Å². The molecule has 1 atom stereocenters. The molecule has 1 aliphatic carbocycles. The van der Waals surface area contributed by atoms with Gasteiger partial charge in [-0.3, -0.25) is 14.3 Å². The lowest BCUT2D eigenvalue weighted by atomic mass is 9.92. The third kappa shape index (κ3) is 2.72. The molecule has 3 rings (SSSR count). The van der Waals surface area contributed by atoms with E-state index in [2.05, 4.69) is 20.6 Å². The first kappa shape index (κ1) is 13.5. The number of amides is 1. The highest BCUT2D eigenvalue weighted by Gasteiger charge is 2.23. The summed E-state index contributed by atoms with van der Waals surface area (Å²) < 4.78 is 1.67. The fraction of sp³-hybridized carbons (Fsp3) is 0.429. The first-order chi connectivity index (χ1) is 10.2. The third-order valence-electron chi connectivity index (χ3n) is 3.76. The zero-order chi connectivity index (χ0) is 14.8. The maximum atomic E-state index is 12.3. The van der Waals surface area contributed by atoms with E-state index in [0.717, 1.165) is 24.1 Å². The van der Waals surface area contributed by atoms with Crippen molar-refractivity contribution in [3.63, 3.8) is 0 Å². The predicted molar refractivity (Wildman–Crippen MR) is 76.0 cm³/mol. The maximum Gasteiger partial charge on any atom is 0.269 e. The van der Waals surface area contributed by atoms with Gasteiger partial charge in [-0.2, -0.15) is 10.2 Å². The maximum absolute atomic E-state index is 12.3. The first-order valence-electron chi connectivity index (χ1n) is 7.07. The number of aryl methyl sites for hydroxylation is 2. The van der Waals surface area contributed by atoms with Gasteiger partial charge < -0.3 is 5.32 Å². The number of hydrogen-bond acceptors (Lipinski definition) is 4. The average Bonchev–Trinajstić information content (AvgIpc) is 2.95. The van der Waals surface area contributed by atoms with Crippen molar-refractivity contribution >= 4 is 5.91 Å². The molecule has 7 nitrogen and oxygen atoms in total. The minimum atomic E-state index is -0.204. The molecule has 0 saturated heterocycles. The zero-order valence-corrected chi connectivity index (χ0v) is 11.8. The Hall–Kier alpha value is -2.44. The number of rotatable bonds is 3. The van der Waals surface area contributed by atoms with Crippen LogP contribution in [-0.4, -0.2) is 31.9 Å². The molecule has 0 radical (unpaired) electrons. The lowest BCUT2D eigenvalue weighted by Crippen LogP contribution is -2.40. The zero-order valence-electron chi connectivity index (χ0n) is 11.8. The van der Waals surface area contributed by atoms with Crippen LogP contribution in [0.1, 0.15) is 35.1 Å². The minimum Gasteiger partial charge on any atom is -0.348 e. The summed E-state index contributed by atoms with van der Waals surface area (Å²) in [4.78, 5) is 23.6. The molecule has 0 aromatic carbocycles. The van der Waals surface area contributed by atoms with Crippen LogP contribution in [0.3, 0.4) is 0 Å². The van der Waals surface area contributed by atoms with E-state index in [4.69, 9.17) is 0 Å². The summed E-state index contributed by atoms with van der Waals surface area (Å²) in [6.45, 7) is 2.60. The third-order valence-corrected chi connectivity index (χ3v) is 3.76. The Balaban J connectivity index is 1.72. The fourth-order valence-electron chi connectivity index (χ4n) is 2.70. The molecule has 2 aromatic rings. The monoisotopic (exact) mass is 287 g/mol. The van der Waals surface area contributed by atoms with Gasteiger partial charge in [0.2, 0.25) is 0 Å². The lowest BCUT2D eigenvalue weighted by Gasteiger charge is -2.24. The van der Waals surface area contributed by atoms with Crippen molar-refractivity contribution in [1.82, 2.24) is 25.3 Å². The second-order valence-corrected chi connectivity index (χ2v) is 5.15. The number of nitrogens with zero attached hydrogens (tertiary/aromatic N) is 3.